The molecular weight excluding hydrogens is 447 g/mol. The van der Waals surface area contributed by atoms with Crippen LogP contribution in [0.4, 0.5) is 18.9 Å². The Morgan fingerprint density at radius 1 is 1.06 bits per heavy atom. The summed E-state index contributed by atoms with van der Waals surface area (Å²) in [4.78, 5) is 19.4. The fourth-order valence-electron chi connectivity index (χ4n) is 3.60. The highest BCUT2D eigenvalue weighted by atomic mass is 19.4. The zero-order valence-electron chi connectivity index (χ0n) is 17.6. The Morgan fingerprint density at radius 3 is 2.62 bits per heavy atom. The summed E-state index contributed by atoms with van der Waals surface area (Å²) in [7, 11) is 0. The lowest BCUT2D eigenvalue weighted by atomic mass is 10.1. The number of nitrogens with zero attached hydrogens (tertiary/aromatic N) is 5. The van der Waals surface area contributed by atoms with Gasteiger partial charge in [-0.2, -0.15) is 23.4 Å². The number of hydrogen-bond acceptors (Lipinski definition) is 4. The third-order valence-corrected chi connectivity index (χ3v) is 5.37. The van der Waals surface area contributed by atoms with Crippen LogP contribution >= 0.6 is 0 Å². The number of aromatic nitrogens is 6. The molecule has 0 spiro atoms. The summed E-state index contributed by atoms with van der Waals surface area (Å²) >= 11 is 0. The maximum Gasteiger partial charge on any atom is 0.416 e. The second-order valence-electron chi connectivity index (χ2n) is 7.64. The van der Waals surface area contributed by atoms with Crippen molar-refractivity contribution < 1.29 is 18.0 Å². The highest BCUT2D eigenvalue weighted by Gasteiger charge is 2.30. The highest BCUT2D eigenvalue weighted by molar-refractivity contribution is 6.02. The van der Waals surface area contributed by atoms with E-state index in [0.29, 0.717) is 17.9 Å². The van der Waals surface area contributed by atoms with Gasteiger partial charge in [-0.25, -0.2) is 9.67 Å². The first kappa shape index (κ1) is 21.4. The van der Waals surface area contributed by atoms with E-state index in [1.54, 1.807) is 29.6 Å². The number of aromatic amines is 1. The number of alkyl halides is 3. The zero-order chi connectivity index (χ0) is 23.7. The molecule has 3 aromatic heterocycles. The van der Waals surface area contributed by atoms with Gasteiger partial charge >= 0.3 is 6.18 Å². The van der Waals surface area contributed by atoms with Crippen LogP contribution in [0.3, 0.4) is 0 Å². The molecule has 11 heteroatoms. The van der Waals surface area contributed by atoms with Crippen LogP contribution in [0.25, 0.3) is 27.7 Å². The molecule has 172 valence electrons. The van der Waals surface area contributed by atoms with Crippen LogP contribution in [0.15, 0.2) is 73.7 Å². The van der Waals surface area contributed by atoms with Crippen LogP contribution in [0.1, 0.15) is 12.0 Å². The Bertz CT molecular complexity index is 1430. The molecule has 0 saturated carbocycles. The maximum atomic E-state index is 12.8. The SMILES string of the molecule is O=C(CCn1cncn1)Nc1c[nH]c2ccc(-c3cnn(-c4ccc(C(F)(F)F)cc4)c3)cc12. The number of anilines is 1. The second kappa shape index (κ2) is 8.50. The van der Waals surface area contributed by atoms with E-state index in [4.69, 9.17) is 0 Å². The van der Waals surface area contributed by atoms with Gasteiger partial charge < -0.3 is 10.3 Å². The average molecular weight is 465 g/mol. The summed E-state index contributed by atoms with van der Waals surface area (Å²) in [5.74, 6) is -0.156. The van der Waals surface area contributed by atoms with Gasteiger partial charge in [0.05, 0.1) is 29.7 Å². The van der Waals surface area contributed by atoms with Crippen LogP contribution in [0, 0.1) is 0 Å². The second-order valence-corrected chi connectivity index (χ2v) is 7.64. The molecule has 5 aromatic rings. The molecule has 2 N–H and O–H groups in total. The first-order valence-electron chi connectivity index (χ1n) is 10.3. The fraction of sp³-hybridized carbons (Fsp3) is 0.130. The fourth-order valence-corrected chi connectivity index (χ4v) is 3.60. The van der Waals surface area contributed by atoms with Crippen molar-refractivity contribution in [2.24, 2.45) is 0 Å². The topological polar surface area (TPSA) is 93.4 Å². The van der Waals surface area contributed by atoms with Crippen molar-refractivity contribution in [3.63, 3.8) is 0 Å². The molecule has 2 aromatic carbocycles. The summed E-state index contributed by atoms with van der Waals surface area (Å²) in [6, 6.07) is 10.5. The van der Waals surface area contributed by atoms with Gasteiger partial charge in [0.25, 0.3) is 0 Å². The molecule has 0 aliphatic rings. The lowest BCUT2D eigenvalue weighted by molar-refractivity contribution is -0.137. The first-order valence-corrected chi connectivity index (χ1v) is 10.3. The van der Waals surface area contributed by atoms with Crippen LogP contribution in [0.2, 0.25) is 0 Å². The minimum absolute atomic E-state index is 0.156. The molecule has 0 radical (unpaired) electrons. The van der Waals surface area contributed by atoms with E-state index in [2.05, 4.69) is 25.5 Å². The van der Waals surface area contributed by atoms with E-state index in [-0.39, 0.29) is 12.3 Å². The van der Waals surface area contributed by atoms with Crippen molar-refractivity contribution in [2.45, 2.75) is 19.1 Å². The molecule has 1 amide bonds. The largest absolute Gasteiger partial charge is 0.416 e. The highest BCUT2D eigenvalue weighted by Crippen LogP contribution is 2.31. The summed E-state index contributed by atoms with van der Waals surface area (Å²) in [5, 5.41) is 12.0. The van der Waals surface area contributed by atoms with Gasteiger partial charge in [-0.3, -0.25) is 9.48 Å². The Hall–Kier alpha value is -4.41. The predicted molar refractivity (Wildman–Crippen MR) is 119 cm³/mol. The van der Waals surface area contributed by atoms with Gasteiger partial charge in [-0.15, -0.1) is 0 Å². The van der Waals surface area contributed by atoms with Crippen molar-refractivity contribution in [3.8, 4) is 16.8 Å². The molecule has 34 heavy (non-hydrogen) atoms. The van der Waals surface area contributed by atoms with Crippen LogP contribution in [-0.2, 0) is 17.5 Å². The molecule has 0 fully saturated rings. The standard InChI is InChI=1S/C23H18F3N7O/c24-23(25,26)17-2-4-18(5-3-17)33-12-16(10-29-33)15-1-6-20-19(9-15)21(11-28-20)31-22(34)7-8-32-14-27-13-30-32/h1-6,9-14,28H,7-8H2,(H,31,34). The molecule has 8 nitrogen and oxygen atoms in total. The molecule has 0 aliphatic heterocycles. The molecule has 3 heterocycles. The molecule has 0 bridgehead atoms. The summed E-state index contributed by atoms with van der Waals surface area (Å²) in [6.45, 7) is 0.419. The van der Waals surface area contributed by atoms with Gasteiger partial charge in [-0.05, 0) is 42.0 Å². The molecule has 5 rings (SSSR count). The van der Waals surface area contributed by atoms with E-state index in [1.165, 1.54) is 23.1 Å². The number of hydrogen-bond donors (Lipinski definition) is 2. The monoisotopic (exact) mass is 465 g/mol. The minimum Gasteiger partial charge on any atom is -0.359 e. The number of carbonyl (C=O) groups is 1. The quantitative estimate of drug-likeness (QED) is 0.382. The van der Waals surface area contributed by atoms with E-state index in [0.717, 1.165) is 34.2 Å². The lowest BCUT2D eigenvalue weighted by Gasteiger charge is -2.07. The maximum absolute atomic E-state index is 12.8. The summed E-state index contributed by atoms with van der Waals surface area (Å²) in [5.41, 5.74) is 2.94. The third kappa shape index (κ3) is 4.40. The van der Waals surface area contributed by atoms with Crippen molar-refractivity contribution >= 4 is 22.5 Å². The molecular formula is C23H18F3N7O. The van der Waals surface area contributed by atoms with E-state index in [9.17, 15) is 18.0 Å². The van der Waals surface area contributed by atoms with Crippen LogP contribution in [-0.4, -0.2) is 35.4 Å². The van der Waals surface area contributed by atoms with Crippen LogP contribution in [0.5, 0.6) is 0 Å². The average Bonchev–Trinajstić information content (AvgIpc) is 3.58. The van der Waals surface area contributed by atoms with Gasteiger partial charge in [-0.1, -0.05) is 6.07 Å². The van der Waals surface area contributed by atoms with E-state index in [1.807, 2.05) is 18.2 Å². The number of amides is 1. The van der Waals surface area contributed by atoms with Gasteiger partial charge in [0.15, 0.2) is 0 Å². The van der Waals surface area contributed by atoms with Crippen molar-refractivity contribution in [1.29, 1.82) is 0 Å². The summed E-state index contributed by atoms with van der Waals surface area (Å²) < 4.78 is 41.5. The normalized spacial score (nSPS) is 11.7. The Balaban J connectivity index is 1.34. The molecule has 0 saturated heterocycles. The predicted octanol–water partition coefficient (Wildman–Crippen LogP) is 4.66. The Kier molecular flexibility index (Phi) is 5.36. The Morgan fingerprint density at radius 2 is 1.88 bits per heavy atom. The number of halogens is 3. The number of rotatable bonds is 6. The molecule has 0 atom stereocenters. The minimum atomic E-state index is -4.39. The van der Waals surface area contributed by atoms with Gasteiger partial charge in [0.1, 0.15) is 12.7 Å². The molecule has 0 aliphatic carbocycles. The van der Waals surface area contributed by atoms with Crippen molar-refractivity contribution in [2.75, 3.05) is 5.32 Å². The first-order chi connectivity index (χ1) is 16.4. The van der Waals surface area contributed by atoms with Crippen LogP contribution < -0.4 is 5.32 Å². The smallest absolute Gasteiger partial charge is 0.359 e. The lowest BCUT2D eigenvalue weighted by Crippen LogP contribution is -2.14. The van der Waals surface area contributed by atoms with E-state index < -0.39 is 11.7 Å². The van der Waals surface area contributed by atoms with Crippen molar-refractivity contribution in [1.82, 2.24) is 29.5 Å². The van der Waals surface area contributed by atoms with Crippen molar-refractivity contribution in [3.05, 3.63) is 79.3 Å². The number of fused-ring (bicyclic) bond motifs is 1. The number of benzene rings is 2. The Labute approximate surface area is 191 Å². The molecule has 0 unspecified atom stereocenters. The number of aryl methyl sites for hydroxylation is 1. The van der Waals surface area contributed by atoms with Gasteiger partial charge in [0.2, 0.25) is 5.91 Å². The number of H-pyrrole nitrogens is 1. The summed E-state index contributed by atoms with van der Waals surface area (Å²) in [6.07, 6.45) is 3.94. The van der Waals surface area contributed by atoms with E-state index >= 15 is 0 Å². The zero-order valence-corrected chi connectivity index (χ0v) is 17.6. The third-order valence-electron chi connectivity index (χ3n) is 5.37. The number of carbonyl (C=O) groups excluding carboxylic acids is 1. The number of nitrogens with one attached hydrogen (secondary N) is 2. The van der Waals surface area contributed by atoms with Gasteiger partial charge in [0, 0.05) is 35.3 Å².